The maximum atomic E-state index is 13.7. The first kappa shape index (κ1) is 18.6. The number of thiazole rings is 1. The van der Waals surface area contributed by atoms with E-state index in [1.165, 1.54) is 6.07 Å². The van der Waals surface area contributed by atoms with Gasteiger partial charge in [-0.2, -0.15) is 0 Å². The fourth-order valence-corrected chi connectivity index (χ4v) is 3.53. The van der Waals surface area contributed by atoms with Gasteiger partial charge in [-0.15, -0.1) is 0 Å². The summed E-state index contributed by atoms with van der Waals surface area (Å²) in [7, 11) is 3.82. The molecule has 0 radical (unpaired) electrons. The van der Waals surface area contributed by atoms with Crippen LogP contribution in [0.15, 0.2) is 12.1 Å². The number of fused-ring (bicyclic) bond motifs is 1. The predicted molar refractivity (Wildman–Crippen MR) is 95.1 cm³/mol. The van der Waals surface area contributed by atoms with Crippen LogP contribution in [0.25, 0.3) is 10.2 Å². The van der Waals surface area contributed by atoms with Crippen molar-refractivity contribution in [3.05, 3.63) is 23.8 Å². The number of halogens is 2. The first-order valence-electron chi connectivity index (χ1n) is 8.06. The molecule has 2 N–H and O–H groups in total. The fraction of sp³-hybridized carbons (Fsp3) is 0.438. The lowest BCUT2D eigenvalue weighted by Crippen LogP contribution is -2.59. The van der Waals surface area contributed by atoms with Gasteiger partial charge in [-0.1, -0.05) is 11.3 Å². The van der Waals surface area contributed by atoms with E-state index >= 15 is 0 Å². The average molecular weight is 383 g/mol. The van der Waals surface area contributed by atoms with Crippen molar-refractivity contribution in [1.82, 2.24) is 20.1 Å². The van der Waals surface area contributed by atoms with Crippen LogP contribution in [0.3, 0.4) is 0 Å². The average Bonchev–Trinajstić information content (AvgIpc) is 2.96. The molecule has 0 saturated carbocycles. The number of hydrogen-bond donors (Lipinski definition) is 2. The van der Waals surface area contributed by atoms with Gasteiger partial charge in [-0.05, 0) is 20.2 Å². The highest BCUT2D eigenvalue weighted by atomic mass is 32.1. The number of benzene rings is 1. The van der Waals surface area contributed by atoms with Crippen molar-refractivity contribution in [2.75, 3.05) is 45.6 Å². The zero-order valence-electron chi connectivity index (χ0n) is 14.4. The zero-order chi connectivity index (χ0) is 18.8. The SMILES string of the molecule is CN(C)CCN1CC(C(=O)Nc2nc3c(F)cc(F)cc3s2)NCC1=O. The third-order valence-corrected chi connectivity index (χ3v) is 4.95. The van der Waals surface area contributed by atoms with E-state index in [1.54, 1.807) is 4.90 Å². The maximum absolute atomic E-state index is 13.7. The summed E-state index contributed by atoms with van der Waals surface area (Å²) in [5.41, 5.74) is 0.0195. The highest BCUT2D eigenvalue weighted by Gasteiger charge is 2.30. The van der Waals surface area contributed by atoms with Crippen LogP contribution in [0.1, 0.15) is 0 Å². The number of carbonyl (C=O) groups excluding carboxylic acids is 2. The molecule has 3 rings (SSSR count). The lowest BCUT2D eigenvalue weighted by molar-refractivity contribution is -0.134. The monoisotopic (exact) mass is 383 g/mol. The van der Waals surface area contributed by atoms with E-state index in [1.807, 2.05) is 19.0 Å². The van der Waals surface area contributed by atoms with Crippen LogP contribution < -0.4 is 10.6 Å². The number of aromatic nitrogens is 1. The van der Waals surface area contributed by atoms with Gasteiger partial charge >= 0.3 is 0 Å². The number of carbonyl (C=O) groups is 2. The lowest BCUT2D eigenvalue weighted by Gasteiger charge is -2.33. The van der Waals surface area contributed by atoms with E-state index in [0.29, 0.717) is 17.8 Å². The third-order valence-electron chi connectivity index (χ3n) is 4.03. The Morgan fingerprint density at radius 3 is 2.96 bits per heavy atom. The molecule has 0 bridgehead atoms. The molecule has 1 aromatic heterocycles. The normalized spacial score (nSPS) is 18.0. The number of hydrogen-bond acceptors (Lipinski definition) is 6. The molecule has 1 saturated heterocycles. The molecule has 1 fully saturated rings. The van der Waals surface area contributed by atoms with E-state index in [9.17, 15) is 18.4 Å². The number of nitrogens with zero attached hydrogens (tertiary/aromatic N) is 3. The number of anilines is 1. The number of piperazine rings is 1. The summed E-state index contributed by atoms with van der Waals surface area (Å²) in [5.74, 6) is -1.89. The van der Waals surface area contributed by atoms with Crippen LogP contribution in [0, 0.1) is 11.6 Å². The largest absolute Gasteiger partial charge is 0.338 e. The standard InChI is InChI=1S/C16H19F2N5O2S/c1-22(2)3-4-23-8-11(19-7-13(23)24)15(25)21-16-20-14-10(18)5-9(17)6-12(14)26-16/h5-6,11,19H,3-4,7-8H2,1-2H3,(H,20,21,25). The van der Waals surface area contributed by atoms with E-state index in [-0.39, 0.29) is 35.6 Å². The van der Waals surface area contributed by atoms with Crippen LogP contribution in [0.5, 0.6) is 0 Å². The van der Waals surface area contributed by atoms with Crippen LogP contribution in [0.2, 0.25) is 0 Å². The minimum absolute atomic E-state index is 0.0195. The van der Waals surface area contributed by atoms with Gasteiger partial charge in [0.05, 0.1) is 11.2 Å². The second kappa shape index (κ2) is 7.60. The Morgan fingerprint density at radius 1 is 1.46 bits per heavy atom. The molecule has 2 amide bonds. The highest BCUT2D eigenvalue weighted by molar-refractivity contribution is 7.22. The molecule has 1 aromatic carbocycles. The molecule has 1 unspecified atom stereocenters. The van der Waals surface area contributed by atoms with Crippen molar-refractivity contribution in [1.29, 1.82) is 0 Å². The summed E-state index contributed by atoms with van der Waals surface area (Å²) in [4.78, 5) is 32.0. The summed E-state index contributed by atoms with van der Waals surface area (Å²) < 4.78 is 27.3. The molecule has 140 valence electrons. The van der Waals surface area contributed by atoms with Crippen molar-refractivity contribution in [2.45, 2.75) is 6.04 Å². The summed E-state index contributed by atoms with van der Waals surface area (Å²) in [6, 6.07) is 1.33. The van der Waals surface area contributed by atoms with Crippen LogP contribution in [-0.2, 0) is 9.59 Å². The van der Waals surface area contributed by atoms with Gasteiger partial charge in [0.25, 0.3) is 0 Å². The molecule has 0 aliphatic carbocycles. The Kier molecular flexibility index (Phi) is 5.44. The fourth-order valence-electron chi connectivity index (χ4n) is 2.62. The van der Waals surface area contributed by atoms with Crippen molar-refractivity contribution in [2.24, 2.45) is 0 Å². The Morgan fingerprint density at radius 2 is 2.23 bits per heavy atom. The van der Waals surface area contributed by atoms with E-state index in [0.717, 1.165) is 17.4 Å². The molecule has 2 aromatic rings. The molecule has 1 atom stereocenters. The minimum atomic E-state index is -0.770. The molecular formula is C16H19F2N5O2S. The van der Waals surface area contributed by atoms with Gasteiger partial charge < -0.3 is 15.1 Å². The molecule has 26 heavy (non-hydrogen) atoms. The zero-order valence-corrected chi connectivity index (χ0v) is 15.2. The smallest absolute Gasteiger partial charge is 0.245 e. The second-order valence-corrected chi connectivity index (χ2v) is 7.35. The molecule has 10 heteroatoms. The molecule has 0 spiro atoms. The van der Waals surface area contributed by atoms with Crippen molar-refractivity contribution < 1.29 is 18.4 Å². The van der Waals surface area contributed by atoms with Gasteiger partial charge in [-0.25, -0.2) is 13.8 Å². The maximum Gasteiger partial charge on any atom is 0.245 e. The van der Waals surface area contributed by atoms with Crippen LogP contribution in [-0.4, -0.2) is 72.9 Å². The summed E-state index contributed by atoms with van der Waals surface area (Å²) in [6.07, 6.45) is 0. The number of nitrogens with one attached hydrogen (secondary N) is 2. The molecule has 7 nitrogen and oxygen atoms in total. The Labute approximate surface area is 153 Å². The van der Waals surface area contributed by atoms with E-state index in [4.69, 9.17) is 0 Å². The predicted octanol–water partition coefficient (Wildman–Crippen LogP) is 0.875. The van der Waals surface area contributed by atoms with Gasteiger partial charge in [0.1, 0.15) is 17.4 Å². The van der Waals surface area contributed by atoms with Crippen LogP contribution >= 0.6 is 11.3 Å². The van der Waals surface area contributed by atoms with E-state index in [2.05, 4.69) is 15.6 Å². The first-order valence-corrected chi connectivity index (χ1v) is 8.87. The molecular weight excluding hydrogens is 364 g/mol. The van der Waals surface area contributed by atoms with Crippen molar-refractivity contribution >= 4 is 38.5 Å². The van der Waals surface area contributed by atoms with Gasteiger partial charge in [0.15, 0.2) is 10.9 Å². The number of rotatable bonds is 5. The molecule has 2 heterocycles. The van der Waals surface area contributed by atoms with Gasteiger partial charge in [0.2, 0.25) is 11.8 Å². The van der Waals surface area contributed by atoms with Crippen molar-refractivity contribution in [3.8, 4) is 0 Å². The topological polar surface area (TPSA) is 77.6 Å². The van der Waals surface area contributed by atoms with Gasteiger partial charge in [0, 0.05) is 25.7 Å². The summed E-state index contributed by atoms with van der Waals surface area (Å²) in [5, 5.41) is 5.69. The Balaban J connectivity index is 1.67. The number of likely N-dealkylation sites (N-methyl/N-ethyl adjacent to an activating group) is 1. The molecule has 1 aliphatic rings. The summed E-state index contributed by atoms with van der Waals surface area (Å²) in [6.45, 7) is 1.54. The highest BCUT2D eigenvalue weighted by Crippen LogP contribution is 2.28. The second-order valence-electron chi connectivity index (χ2n) is 6.32. The third kappa shape index (κ3) is 4.14. The van der Waals surface area contributed by atoms with Crippen molar-refractivity contribution in [3.63, 3.8) is 0 Å². The minimum Gasteiger partial charge on any atom is -0.338 e. The number of amides is 2. The first-order chi connectivity index (χ1) is 12.3. The Bertz CT molecular complexity index is 841. The van der Waals surface area contributed by atoms with Crippen LogP contribution in [0.4, 0.5) is 13.9 Å². The molecule has 1 aliphatic heterocycles. The van der Waals surface area contributed by atoms with E-state index < -0.39 is 17.7 Å². The van der Waals surface area contributed by atoms with Gasteiger partial charge in [-0.3, -0.25) is 14.9 Å². The summed E-state index contributed by atoms with van der Waals surface area (Å²) >= 11 is 0.995. The lowest BCUT2D eigenvalue weighted by atomic mass is 10.2. The quantitative estimate of drug-likeness (QED) is 0.801. The Hall–Kier alpha value is -2.17.